The summed E-state index contributed by atoms with van der Waals surface area (Å²) < 4.78 is 28.2. The molecule has 0 unspecified atom stereocenters. The van der Waals surface area contributed by atoms with Gasteiger partial charge in [-0.3, -0.25) is 0 Å². The van der Waals surface area contributed by atoms with E-state index in [1.54, 1.807) is 0 Å². The average Bonchev–Trinajstić information content (AvgIpc) is 2.26. The highest BCUT2D eigenvalue weighted by atomic mass is 32.2. The zero-order chi connectivity index (χ0) is 9.53. The molecular weight excluding hydrogens is 190 g/mol. The van der Waals surface area contributed by atoms with Crippen molar-refractivity contribution in [2.24, 2.45) is 5.73 Å². The molecule has 4 nitrogen and oxygen atoms in total. The van der Waals surface area contributed by atoms with Crippen LogP contribution in [0.5, 0.6) is 0 Å². The minimum absolute atomic E-state index is 0.113. The fourth-order valence-corrected chi connectivity index (χ4v) is 4.20. The van der Waals surface area contributed by atoms with Gasteiger partial charge in [0.05, 0.1) is 17.1 Å². The summed E-state index contributed by atoms with van der Waals surface area (Å²) in [4.78, 5) is 0. The lowest BCUT2D eigenvalue weighted by Gasteiger charge is -2.35. The Morgan fingerprint density at radius 2 is 2.23 bits per heavy atom. The van der Waals surface area contributed by atoms with Crippen molar-refractivity contribution in [1.82, 2.24) is 0 Å². The van der Waals surface area contributed by atoms with Crippen molar-refractivity contribution >= 4 is 9.84 Å². The molecular formula is C8H15NO3S. The normalized spacial score (nSPS) is 43.9. The van der Waals surface area contributed by atoms with Gasteiger partial charge in [-0.05, 0) is 19.3 Å². The predicted molar refractivity (Wildman–Crippen MR) is 49.2 cm³/mol. The van der Waals surface area contributed by atoms with E-state index in [2.05, 4.69) is 0 Å². The first-order valence-corrected chi connectivity index (χ1v) is 6.44. The van der Waals surface area contributed by atoms with Crippen LogP contribution in [-0.2, 0) is 14.6 Å². The Morgan fingerprint density at radius 1 is 1.46 bits per heavy atom. The smallest absolute Gasteiger partial charge is 0.153 e. The van der Waals surface area contributed by atoms with Gasteiger partial charge in [0.1, 0.15) is 0 Å². The molecule has 0 saturated carbocycles. The Kier molecular flexibility index (Phi) is 2.13. The van der Waals surface area contributed by atoms with Gasteiger partial charge >= 0.3 is 0 Å². The molecule has 13 heavy (non-hydrogen) atoms. The van der Waals surface area contributed by atoms with Crippen LogP contribution in [-0.4, -0.2) is 38.2 Å². The average molecular weight is 205 g/mol. The summed E-state index contributed by atoms with van der Waals surface area (Å²) in [6.45, 7) is 0.608. The third-order valence-corrected chi connectivity index (χ3v) is 4.67. The van der Waals surface area contributed by atoms with E-state index in [0.717, 1.165) is 6.42 Å². The van der Waals surface area contributed by atoms with Gasteiger partial charge in [-0.15, -0.1) is 0 Å². The van der Waals surface area contributed by atoms with Crippen LogP contribution in [0.1, 0.15) is 19.3 Å². The number of sulfone groups is 1. The second-order valence-electron chi connectivity index (χ2n) is 4.13. The summed E-state index contributed by atoms with van der Waals surface area (Å²) in [6, 6.07) is 0.113. The molecule has 0 aliphatic carbocycles. The summed E-state index contributed by atoms with van der Waals surface area (Å²) in [5.74, 6) is 0.438. The van der Waals surface area contributed by atoms with Crippen LogP contribution in [0.2, 0.25) is 0 Å². The molecule has 0 aromatic rings. The number of ether oxygens (including phenoxy) is 1. The van der Waals surface area contributed by atoms with Gasteiger partial charge < -0.3 is 10.5 Å². The Labute approximate surface area is 78.4 Å². The van der Waals surface area contributed by atoms with Crippen molar-refractivity contribution in [1.29, 1.82) is 0 Å². The molecule has 5 heteroatoms. The number of hydrogen-bond acceptors (Lipinski definition) is 4. The molecule has 1 spiro atoms. The van der Waals surface area contributed by atoms with E-state index in [0.29, 0.717) is 19.4 Å². The fraction of sp³-hybridized carbons (Fsp3) is 1.00. The standard InChI is InChI=1S/C8H15NO3S/c9-7-1-3-12-8(5-7)2-4-13(10,11)6-8/h7H,1-6,9H2/t7-,8-/m0/s1. The summed E-state index contributed by atoms with van der Waals surface area (Å²) in [6.07, 6.45) is 2.18. The highest BCUT2D eigenvalue weighted by Gasteiger charge is 2.45. The first-order chi connectivity index (χ1) is 6.02. The molecule has 0 aromatic heterocycles. The Morgan fingerprint density at radius 3 is 2.77 bits per heavy atom. The molecule has 2 N–H and O–H groups in total. The minimum Gasteiger partial charge on any atom is -0.374 e. The molecule has 2 saturated heterocycles. The molecule has 2 atom stereocenters. The van der Waals surface area contributed by atoms with E-state index in [-0.39, 0.29) is 17.5 Å². The maximum atomic E-state index is 11.3. The maximum absolute atomic E-state index is 11.3. The fourth-order valence-electron chi connectivity index (χ4n) is 2.23. The zero-order valence-electron chi connectivity index (χ0n) is 7.53. The maximum Gasteiger partial charge on any atom is 0.153 e. The van der Waals surface area contributed by atoms with E-state index in [1.165, 1.54) is 0 Å². The van der Waals surface area contributed by atoms with Gasteiger partial charge in [-0.1, -0.05) is 0 Å². The van der Waals surface area contributed by atoms with E-state index in [1.807, 2.05) is 0 Å². The minimum atomic E-state index is -2.86. The van der Waals surface area contributed by atoms with Gasteiger partial charge in [-0.25, -0.2) is 8.42 Å². The van der Waals surface area contributed by atoms with Crippen LogP contribution in [0.4, 0.5) is 0 Å². The molecule has 2 heterocycles. The number of rotatable bonds is 0. The SMILES string of the molecule is N[C@H]1CCO[C@@]2(CCS(=O)(=O)C2)C1. The van der Waals surface area contributed by atoms with Crippen molar-refractivity contribution in [2.75, 3.05) is 18.1 Å². The van der Waals surface area contributed by atoms with Gasteiger partial charge in [0.2, 0.25) is 0 Å². The highest BCUT2D eigenvalue weighted by molar-refractivity contribution is 7.91. The van der Waals surface area contributed by atoms with Crippen LogP contribution in [0.15, 0.2) is 0 Å². The van der Waals surface area contributed by atoms with Crippen LogP contribution in [0.3, 0.4) is 0 Å². The quantitative estimate of drug-likeness (QED) is 0.588. The lowest BCUT2D eigenvalue weighted by Crippen LogP contribution is -2.45. The lowest BCUT2D eigenvalue weighted by atomic mass is 9.90. The highest BCUT2D eigenvalue weighted by Crippen LogP contribution is 2.34. The molecule has 2 aliphatic heterocycles. The monoisotopic (exact) mass is 205 g/mol. The first-order valence-electron chi connectivity index (χ1n) is 4.61. The molecule has 2 fully saturated rings. The first kappa shape index (κ1) is 9.43. The van der Waals surface area contributed by atoms with Crippen LogP contribution >= 0.6 is 0 Å². The van der Waals surface area contributed by atoms with Crippen LogP contribution < -0.4 is 5.73 Å². The molecule has 0 amide bonds. The van der Waals surface area contributed by atoms with E-state index in [4.69, 9.17) is 10.5 Å². The third-order valence-electron chi connectivity index (χ3n) is 2.88. The van der Waals surface area contributed by atoms with Gasteiger partial charge in [-0.2, -0.15) is 0 Å². The summed E-state index contributed by atoms with van der Waals surface area (Å²) >= 11 is 0. The summed E-state index contributed by atoms with van der Waals surface area (Å²) in [5, 5.41) is 0. The number of hydrogen-bond donors (Lipinski definition) is 1. The zero-order valence-corrected chi connectivity index (χ0v) is 8.35. The van der Waals surface area contributed by atoms with Crippen molar-refractivity contribution in [3.8, 4) is 0 Å². The van der Waals surface area contributed by atoms with Gasteiger partial charge in [0.15, 0.2) is 9.84 Å². The Balaban J connectivity index is 2.14. The Hall–Kier alpha value is -0.130. The molecule has 76 valence electrons. The molecule has 0 bridgehead atoms. The molecule has 0 aromatic carbocycles. The van der Waals surface area contributed by atoms with E-state index < -0.39 is 15.4 Å². The molecule has 2 rings (SSSR count). The van der Waals surface area contributed by atoms with Gasteiger partial charge in [0.25, 0.3) is 0 Å². The summed E-state index contributed by atoms with van der Waals surface area (Å²) in [5.41, 5.74) is 5.37. The topological polar surface area (TPSA) is 69.4 Å². The van der Waals surface area contributed by atoms with Gasteiger partial charge in [0, 0.05) is 12.6 Å². The van der Waals surface area contributed by atoms with Crippen molar-refractivity contribution in [3.63, 3.8) is 0 Å². The number of nitrogens with two attached hydrogens (primary N) is 1. The van der Waals surface area contributed by atoms with Crippen molar-refractivity contribution in [3.05, 3.63) is 0 Å². The molecule has 0 radical (unpaired) electrons. The predicted octanol–water partition coefficient (Wildman–Crippen LogP) is -0.319. The summed E-state index contributed by atoms with van der Waals surface area (Å²) in [7, 11) is -2.86. The van der Waals surface area contributed by atoms with Crippen LogP contribution in [0.25, 0.3) is 0 Å². The third kappa shape index (κ3) is 1.87. The van der Waals surface area contributed by atoms with Crippen molar-refractivity contribution < 1.29 is 13.2 Å². The second kappa shape index (κ2) is 2.93. The second-order valence-corrected chi connectivity index (χ2v) is 6.31. The van der Waals surface area contributed by atoms with Crippen molar-refractivity contribution in [2.45, 2.75) is 30.9 Å². The lowest BCUT2D eigenvalue weighted by molar-refractivity contribution is -0.0656. The van der Waals surface area contributed by atoms with Crippen LogP contribution in [0, 0.1) is 0 Å². The van der Waals surface area contributed by atoms with E-state index in [9.17, 15) is 8.42 Å². The largest absolute Gasteiger partial charge is 0.374 e. The Bertz CT molecular complexity index is 301. The van der Waals surface area contributed by atoms with E-state index >= 15 is 0 Å². The molecule has 2 aliphatic rings.